The third-order valence-corrected chi connectivity index (χ3v) is 2.84. The topological polar surface area (TPSA) is 26.3 Å². The highest BCUT2D eigenvalue weighted by Gasteiger charge is 2.48. The van der Waals surface area contributed by atoms with Gasteiger partial charge >= 0.3 is 0 Å². The number of ether oxygens (including phenoxy) is 1. The van der Waals surface area contributed by atoms with E-state index in [9.17, 15) is 4.79 Å². The summed E-state index contributed by atoms with van der Waals surface area (Å²) in [6.07, 6.45) is 3.28. The first kappa shape index (κ1) is 6.35. The average Bonchev–Trinajstić information content (AvgIpc) is 2.35. The Balaban J connectivity index is 2.27. The van der Waals surface area contributed by atoms with Gasteiger partial charge in [0.25, 0.3) is 0 Å². The summed E-state index contributed by atoms with van der Waals surface area (Å²) in [5.74, 6) is 0.549. The molecule has 2 heteroatoms. The summed E-state index contributed by atoms with van der Waals surface area (Å²) < 4.78 is 5.43. The molecule has 1 heterocycles. The van der Waals surface area contributed by atoms with Crippen molar-refractivity contribution in [3.05, 3.63) is 0 Å². The van der Waals surface area contributed by atoms with E-state index in [1.807, 2.05) is 0 Å². The molecule has 1 saturated heterocycles. The molecule has 2 fully saturated rings. The van der Waals surface area contributed by atoms with Crippen molar-refractivity contribution in [3.8, 4) is 0 Å². The number of carbonyl (C=O) groups excluding carboxylic acids is 1. The van der Waals surface area contributed by atoms with Gasteiger partial charge in [-0.15, -0.1) is 0 Å². The average molecular weight is 140 g/mol. The Morgan fingerprint density at radius 2 is 2.50 bits per heavy atom. The van der Waals surface area contributed by atoms with Crippen LogP contribution in [0.5, 0.6) is 0 Å². The summed E-state index contributed by atoms with van der Waals surface area (Å²) in [5, 5.41) is 0. The third-order valence-electron chi connectivity index (χ3n) is 2.84. The second-order valence-electron chi connectivity index (χ2n) is 3.51. The Labute approximate surface area is 60.6 Å². The van der Waals surface area contributed by atoms with E-state index < -0.39 is 0 Å². The van der Waals surface area contributed by atoms with Crippen LogP contribution in [0.3, 0.4) is 0 Å². The van der Waals surface area contributed by atoms with Crippen molar-refractivity contribution in [2.45, 2.75) is 31.8 Å². The summed E-state index contributed by atoms with van der Waals surface area (Å²) in [7, 11) is 0. The largest absolute Gasteiger partial charge is 0.367 e. The van der Waals surface area contributed by atoms with Crippen LogP contribution in [0.15, 0.2) is 0 Å². The van der Waals surface area contributed by atoms with Crippen molar-refractivity contribution >= 4 is 5.78 Å². The lowest BCUT2D eigenvalue weighted by Crippen LogP contribution is -2.27. The van der Waals surface area contributed by atoms with Crippen LogP contribution in [-0.4, -0.2) is 18.0 Å². The van der Waals surface area contributed by atoms with Crippen molar-refractivity contribution < 1.29 is 9.53 Å². The zero-order chi connectivity index (χ0) is 7.19. The highest BCUT2D eigenvalue weighted by molar-refractivity contribution is 5.85. The number of hydrogen-bond donors (Lipinski definition) is 0. The molecule has 0 bridgehead atoms. The molecule has 0 aromatic heterocycles. The fourth-order valence-electron chi connectivity index (χ4n) is 2.15. The molecule has 0 aromatic rings. The molecule has 0 spiro atoms. The quantitative estimate of drug-likeness (QED) is 0.504. The summed E-state index contributed by atoms with van der Waals surface area (Å²) >= 11 is 0. The number of rotatable bonds is 0. The minimum atomic E-state index is -0.0723. The predicted octanol–water partition coefficient (Wildman–Crippen LogP) is 1.14. The first-order valence-corrected chi connectivity index (χ1v) is 3.89. The fourth-order valence-corrected chi connectivity index (χ4v) is 2.15. The van der Waals surface area contributed by atoms with Gasteiger partial charge in [0, 0.05) is 5.92 Å². The number of Topliss-reactive ketones (excluding diaryl/α,β-unsaturated/α-hetero) is 1. The maximum atomic E-state index is 11.1. The molecule has 0 radical (unpaired) electrons. The molecule has 10 heavy (non-hydrogen) atoms. The fraction of sp³-hybridized carbons (Fsp3) is 0.875. The Morgan fingerprint density at radius 1 is 1.70 bits per heavy atom. The molecule has 2 rings (SSSR count). The number of fused-ring (bicyclic) bond motifs is 1. The first-order valence-electron chi connectivity index (χ1n) is 3.89. The summed E-state index contributed by atoms with van der Waals surface area (Å²) in [5.41, 5.74) is -0.0723. The SMILES string of the molecule is C[C@]12CCC[C@H]1C(=O)CO2. The molecule has 1 aliphatic heterocycles. The van der Waals surface area contributed by atoms with Gasteiger partial charge in [0.2, 0.25) is 0 Å². The van der Waals surface area contributed by atoms with E-state index in [-0.39, 0.29) is 11.5 Å². The number of ketones is 1. The highest BCUT2D eigenvalue weighted by Crippen LogP contribution is 2.42. The van der Waals surface area contributed by atoms with Crippen LogP contribution in [-0.2, 0) is 9.53 Å². The lowest BCUT2D eigenvalue weighted by atomic mass is 9.92. The summed E-state index contributed by atoms with van der Waals surface area (Å²) in [6.45, 7) is 2.43. The first-order chi connectivity index (χ1) is 4.72. The van der Waals surface area contributed by atoms with Crippen LogP contribution in [0.4, 0.5) is 0 Å². The predicted molar refractivity (Wildman–Crippen MR) is 36.7 cm³/mol. The van der Waals surface area contributed by atoms with E-state index in [4.69, 9.17) is 4.74 Å². The van der Waals surface area contributed by atoms with Crippen molar-refractivity contribution in [1.29, 1.82) is 0 Å². The molecule has 0 amide bonds. The van der Waals surface area contributed by atoms with Crippen molar-refractivity contribution in [1.82, 2.24) is 0 Å². The minimum Gasteiger partial charge on any atom is -0.367 e. The molecular formula is C8H12O2. The van der Waals surface area contributed by atoms with Gasteiger partial charge in [-0.05, 0) is 26.2 Å². The molecule has 56 valence electrons. The van der Waals surface area contributed by atoms with Gasteiger partial charge in [-0.25, -0.2) is 0 Å². The molecular weight excluding hydrogens is 128 g/mol. The molecule has 0 unspecified atom stereocenters. The Bertz CT molecular complexity index is 176. The normalized spacial score (nSPS) is 46.1. The van der Waals surface area contributed by atoms with E-state index in [1.54, 1.807) is 0 Å². The van der Waals surface area contributed by atoms with Gasteiger partial charge in [-0.1, -0.05) is 0 Å². The molecule has 1 saturated carbocycles. The maximum absolute atomic E-state index is 11.1. The lowest BCUT2D eigenvalue weighted by Gasteiger charge is -2.20. The Hall–Kier alpha value is -0.370. The lowest BCUT2D eigenvalue weighted by molar-refractivity contribution is -0.120. The molecule has 2 nitrogen and oxygen atoms in total. The van der Waals surface area contributed by atoms with E-state index in [2.05, 4.69) is 6.92 Å². The molecule has 1 aliphatic carbocycles. The van der Waals surface area contributed by atoms with E-state index in [0.717, 1.165) is 19.3 Å². The monoisotopic (exact) mass is 140 g/mol. The second kappa shape index (κ2) is 1.82. The van der Waals surface area contributed by atoms with Crippen molar-refractivity contribution in [2.75, 3.05) is 6.61 Å². The molecule has 2 atom stereocenters. The van der Waals surface area contributed by atoms with Crippen molar-refractivity contribution in [2.24, 2.45) is 5.92 Å². The van der Waals surface area contributed by atoms with Crippen LogP contribution in [0, 0.1) is 5.92 Å². The Kier molecular flexibility index (Phi) is 1.15. The Morgan fingerprint density at radius 3 is 3.20 bits per heavy atom. The second-order valence-corrected chi connectivity index (χ2v) is 3.51. The molecule has 0 N–H and O–H groups in total. The van der Waals surface area contributed by atoms with E-state index in [0.29, 0.717) is 12.4 Å². The molecule has 0 aromatic carbocycles. The summed E-state index contributed by atoms with van der Waals surface area (Å²) in [6, 6.07) is 0. The van der Waals surface area contributed by atoms with Gasteiger partial charge in [-0.3, -0.25) is 4.79 Å². The van der Waals surface area contributed by atoms with Crippen molar-refractivity contribution in [3.63, 3.8) is 0 Å². The van der Waals surface area contributed by atoms with Crippen LogP contribution >= 0.6 is 0 Å². The zero-order valence-corrected chi connectivity index (χ0v) is 6.22. The number of hydrogen-bond acceptors (Lipinski definition) is 2. The van der Waals surface area contributed by atoms with Crippen LogP contribution in [0.25, 0.3) is 0 Å². The zero-order valence-electron chi connectivity index (χ0n) is 6.22. The van der Waals surface area contributed by atoms with Gasteiger partial charge in [0.1, 0.15) is 6.61 Å². The van der Waals surface area contributed by atoms with Gasteiger partial charge in [-0.2, -0.15) is 0 Å². The smallest absolute Gasteiger partial charge is 0.164 e. The molecule has 2 aliphatic rings. The minimum absolute atomic E-state index is 0.0723. The van der Waals surface area contributed by atoms with Gasteiger partial charge in [0.15, 0.2) is 5.78 Å². The standard InChI is InChI=1S/C8H12O2/c1-8-4-2-3-6(8)7(9)5-10-8/h6H,2-5H2,1H3/t6-,8-/m0/s1. The maximum Gasteiger partial charge on any atom is 0.164 e. The summed E-state index contributed by atoms with van der Waals surface area (Å²) in [4.78, 5) is 11.1. The number of carbonyl (C=O) groups is 1. The van der Waals surface area contributed by atoms with E-state index >= 15 is 0 Å². The van der Waals surface area contributed by atoms with Crippen LogP contribution < -0.4 is 0 Å². The van der Waals surface area contributed by atoms with Gasteiger partial charge in [0.05, 0.1) is 5.60 Å². The van der Waals surface area contributed by atoms with Crippen LogP contribution in [0.2, 0.25) is 0 Å². The van der Waals surface area contributed by atoms with E-state index in [1.165, 1.54) is 0 Å². The van der Waals surface area contributed by atoms with Gasteiger partial charge < -0.3 is 4.74 Å². The van der Waals surface area contributed by atoms with Crippen LogP contribution in [0.1, 0.15) is 26.2 Å². The highest BCUT2D eigenvalue weighted by atomic mass is 16.5. The third kappa shape index (κ3) is 0.655.